The fraction of sp³-hybridized carbons (Fsp3) is 0.174. The minimum absolute atomic E-state index is 0.169. The number of fused-ring (bicyclic) bond motifs is 1. The monoisotopic (exact) mass is 404 g/mol. The molecule has 0 N–H and O–H groups in total. The van der Waals surface area contributed by atoms with Crippen LogP contribution in [-0.2, 0) is 9.53 Å². The number of allylic oxidation sites excluding steroid dienone is 1. The molecule has 1 aliphatic heterocycles. The molecule has 0 bridgehead atoms. The summed E-state index contributed by atoms with van der Waals surface area (Å²) in [7, 11) is 1.34. The lowest BCUT2D eigenvalue weighted by Gasteiger charge is -2.24. The van der Waals surface area contributed by atoms with Gasteiger partial charge in [-0.05, 0) is 31.1 Å². The molecule has 29 heavy (non-hydrogen) atoms. The molecule has 2 heterocycles. The van der Waals surface area contributed by atoms with E-state index in [4.69, 9.17) is 4.74 Å². The van der Waals surface area contributed by atoms with E-state index in [1.807, 2.05) is 67.6 Å². The summed E-state index contributed by atoms with van der Waals surface area (Å²) in [5.74, 6) is -0.479. The molecule has 6 heteroatoms. The van der Waals surface area contributed by atoms with E-state index >= 15 is 0 Å². The quantitative estimate of drug-likeness (QED) is 0.631. The fourth-order valence-corrected chi connectivity index (χ4v) is 4.50. The Bertz CT molecular complexity index is 1280. The number of carbonyl (C=O) groups excluding carboxylic acids is 1. The van der Waals surface area contributed by atoms with E-state index in [0.717, 1.165) is 16.7 Å². The molecule has 146 valence electrons. The number of hydrogen-bond donors (Lipinski definition) is 0. The molecule has 0 radical (unpaired) electrons. The van der Waals surface area contributed by atoms with Crippen LogP contribution in [0.25, 0.3) is 6.08 Å². The van der Waals surface area contributed by atoms with Crippen molar-refractivity contribution in [3.63, 3.8) is 0 Å². The van der Waals surface area contributed by atoms with Gasteiger partial charge in [-0.3, -0.25) is 9.36 Å². The van der Waals surface area contributed by atoms with Crippen molar-refractivity contribution in [2.45, 2.75) is 19.9 Å². The number of benzene rings is 2. The highest BCUT2D eigenvalue weighted by Crippen LogP contribution is 2.30. The normalized spacial score (nSPS) is 16.4. The summed E-state index contributed by atoms with van der Waals surface area (Å²) >= 11 is 1.33. The lowest BCUT2D eigenvalue weighted by atomic mass is 9.96. The lowest BCUT2D eigenvalue weighted by molar-refractivity contribution is -0.136. The molecule has 0 saturated carbocycles. The van der Waals surface area contributed by atoms with E-state index in [2.05, 4.69) is 4.99 Å². The van der Waals surface area contributed by atoms with Crippen molar-refractivity contribution in [3.05, 3.63) is 102 Å². The SMILES string of the molecule is COC(=O)C1=C(C)N=c2s/c(=C/c3ccc(C)cc3)c(=O)n2C1c1ccccc1. The second-order valence-electron chi connectivity index (χ2n) is 6.89. The van der Waals surface area contributed by atoms with Gasteiger partial charge in [0.2, 0.25) is 0 Å². The largest absolute Gasteiger partial charge is 0.466 e. The average Bonchev–Trinajstić information content (AvgIpc) is 3.03. The van der Waals surface area contributed by atoms with Crippen LogP contribution in [0.1, 0.15) is 29.7 Å². The zero-order valence-electron chi connectivity index (χ0n) is 16.4. The number of aromatic nitrogens is 1. The number of ether oxygens (including phenoxy) is 1. The minimum Gasteiger partial charge on any atom is -0.466 e. The van der Waals surface area contributed by atoms with Crippen LogP contribution in [-0.4, -0.2) is 17.6 Å². The molecule has 5 nitrogen and oxygen atoms in total. The van der Waals surface area contributed by atoms with Gasteiger partial charge in [0.1, 0.15) is 0 Å². The second kappa shape index (κ2) is 7.64. The van der Waals surface area contributed by atoms with E-state index in [0.29, 0.717) is 20.6 Å². The standard InChI is InChI=1S/C23H20N2O3S/c1-14-9-11-16(12-10-14)13-18-21(26)25-20(17-7-5-4-6-8-17)19(22(27)28-3)15(2)24-23(25)29-18/h4-13,20H,1-3H3/b18-13+. The van der Waals surface area contributed by atoms with E-state index in [1.54, 1.807) is 11.5 Å². The summed E-state index contributed by atoms with van der Waals surface area (Å²) < 4.78 is 7.18. The van der Waals surface area contributed by atoms with Crippen LogP contribution in [0.15, 0.2) is 75.7 Å². The number of thiazole rings is 1. The summed E-state index contributed by atoms with van der Waals surface area (Å²) in [6, 6.07) is 16.9. The smallest absolute Gasteiger partial charge is 0.338 e. The Labute approximate surface area is 171 Å². The molecule has 2 aromatic carbocycles. The number of rotatable bonds is 3. The van der Waals surface area contributed by atoms with Crippen LogP contribution in [0, 0.1) is 6.92 Å². The molecule has 3 aromatic rings. The lowest BCUT2D eigenvalue weighted by Crippen LogP contribution is -2.39. The van der Waals surface area contributed by atoms with Crippen LogP contribution < -0.4 is 14.9 Å². The maximum Gasteiger partial charge on any atom is 0.338 e. The predicted octanol–water partition coefficient (Wildman–Crippen LogP) is 2.72. The first kappa shape index (κ1) is 19.1. The molecule has 1 aromatic heterocycles. The highest BCUT2D eigenvalue weighted by molar-refractivity contribution is 7.07. The van der Waals surface area contributed by atoms with Gasteiger partial charge in [-0.2, -0.15) is 0 Å². The molecule has 1 aliphatic rings. The van der Waals surface area contributed by atoms with E-state index < -0.39 is 12.0 Å². The Morgan fingerprint density at radius 2 is 1.79 bits per heavy atom. The zero-order chi connectivity index (χ0) is 20.5. The fourth-order valence-electron chi connectivity index (χ4n) is 3.46. The molecule has 1 atom stereocenters. The van der Waals surface area contributed by atoms with Crippen molar-refractivity contribution >= 4 is 23.4 Å². The average molecular weight is 404 g/mol. The van der Waals surface area contributed by atoms with Gasteiger partial charge in [0, 0.05) is 0 Å². The Morgan fingerprint density at radius 1 is 1.10 bits per heavy atom. The van der Waals surface area contributed by atoms with Gasteiger partial charge in [0.25, 0.3) is 5.56 Å². The van der Waals surface area contributed by atoms with Crippen LogP contribution in [0.3, 0.4) is 0 Å². The third-order valence-electron chi connectivity index (χ3n) is 4.92. The first-order valence-electron chi connectivity index (χ1n) is 9.22. The summed E-state index contributed by atoms with van der Waals surface area (Å²) in [6.07, 6.45) is 1.86. The van der Waals surface area contributed by atoms with Gasteiger partial charge in [-0.25, -0.2) is 9.79 Å². The molecule has 0 saturated heterocycles. The molecule has 1 unspecified atom stereocenters. The van der Waals surface area contributed by atoms with E-state index in [1.165, 1.54) is 18.4 Å². The van der Waals surface area contributed by atoms with Gasteiger partial charge < -0.3 is 4.74 Å². The molecular formula is C23H20N2O3S. The minimum atomic E-state index is -0.569. The Morgan fingerprint density at radius 3 is 2.45 bits per heavy atom. The zero-order valence-corrected chi connectivity index (χ0v) is 17.2. The third-order valence-corrected chi connectivity index (χ3v) is 5.90. The first-order chi connectivity index (χ1) is 14.0. The second-order valence-corrected chi connectivity index (χ2v) is 7.90. The van der Waals surface area contributed by atoms with Crippen LogP contribution in [0.5, 0.6) is 0 Å². The number of nitrogens with zero attached hydrogens (tertiary/aromatic N) is 2. The van der Waals surface area contributed by atoms with Gasteiger partial charge in [-0.1, -0.05) is 71.5 Å². The van der Waals surface area contributed by atoms with Crippen molar-refractivity contribution in [3.8, 4) is 0 Å². The summed E-state index contributed by atoms with van der Waals surface area (Å²) in [5, 5.41) is 0. The summed E-state index contributed by atoms with van der Waals surface area (Å²) in [4.78, 5) is 31.0. The number of carbonyl (C=O) groups is 1. The topological polar surface area (TPSA) is 60.7 Å². The Kier molecular flexibility index (Phi) is 5.03. The number of esters is 1. The van der Waals surface area contributed by atoms with Gasteiger partial charge in [0.15, 0.2) is 4.80 Å². The summed E-state index contributed by atoms with van der Waals surface area (Å²) in [5.41, 5.74) is 3.72. The number of aryl methyl sites for hydroxylation is 1. The highest BCUT2D eigenvalue weighted by Gasteiger charge is 2.32. The maximum absolute atomic E-state index is 13.3. The van der Waals surface area contributed by atoms with Crippen molar-refractivity contribution in [2.75, 3.05) is 7.11 Å². The van der Waals surface area contributed by atoms with Gasteiger partial charge in [-0.15, -0.1) is 0 Å². The van der Waals surface area contributed by atoms with E-state index in [9.17, 15) is 9.59 Å². The van der Waals surface area contributed by atoms with Crippen molar-refractivity contribution < 1.29 is 9.53 Å². The Hall–Kier alpha value is -3.25. The number of hydrogen-bond acceptors (Lipinski definition) is 5. The molecule has 0 fully saturated rings. The molecular weight excluding hydrogens is 384 g/mol. The van der Waals surface area contributed by atoms with Crippen LogP contribution >= 0.6 is 11.3 Å². The van der Waals surface area contributed by atoms with Gasteiger partial charge in [0.05, 0.1) is 29.0 Å². The molecule has 4 rings (SSSR count). The molecule has 0 amide bonds. The summed E-state index contributed by atoms with van der Waals surface area (Å²) in [6.45, 7) is 3.80. The van der Waals surface area contributed by atoms with E-state index in [-0.39, 0.29) is 5.56 Å². The van der Waals surface area contributed by atoms with Gasteiger partial charge >= 0.3 is 5.97 Å². The van der Waals surface area contributed by atoms with Crippen molar-refractivity contribution in [1.29, 1.82) is 0 Å². The molecule has 0 aliphatic carbocycles. The Balaban J connectivity index is 1.97. The highest BCUT2D eigenvalue weighted by atomic mass is 32.1. The first-order valence-corrected chi connectivity index (χ1v) is 10.0. The third kappa shape index (κ3) is 3.47. The number of methoxy groups -OCH3 is 1. The molecule has 0 spiro atoms. The van der Waals surface area contributed by atoms with Crippen LogP contribution in [0.4, 0.5) is 0 Å². The predicted molar refractivity (Wildman–Crippen MR) is 113 cm³/mol. The van der Waals surface area contributed by atoms with Crippen LogP contribution in [0.2, 0.25) is 0 Å². The van der Waals surface area contributed by atoms with Crippen molar-refractivity contribution in [2.24, 2.45) is 4.99 Å². The maximum atomic E-state index is 13.3. The van der Waals surface area contributed by atoms with Crippen molar-refractivity contribution in [1.82, 2.24) is 4.57 Å².